The number of nitrogens with one attached hydrogen (secondary N) is 2. The molecule has 0 unspecified atom stereocenters. The van der Waals surface area contributed by atoms with E-state index in [0.29, 0.717) is 15.7 Å². The van der Waals surface area contributed by atoms with Crippen LogP contribution in [0.1, 0.15) is 36.1 Å². The van der Waals surface area contributed by atoms with Crippen molar-refractivity contribution in [3.05, 3.63) is 28.9 Å². The molecule has 2 rings (SSSR count). The van der Waals surface area contributed by atoms with E-state index < -0.39 is 0 Å². The fourth-order valence-corrected chi connectivity index (χ4v) is 2.65. The first kappa shape index (κ1) is 15.2. The van der Waals surface area contributed by atoms with E-state index in [9.17, 15) is 4.79 Å². The molecule has 2 heterocycles. The number of amides is 1. The van der Waals surface area contributed by atoms with Crippen LogP contribution in [0.2, 0.25) is 0 Å². The minimum Gasteiger partial charge on any atom is -0.382 e. The van der Waals surface area contributed by atoms with Gasteiger partial charge in [-0.1, -0.05) is 11.3 Å². The molecule has 6 nitrogen and oxygen atoms in total. The van der Waals surface area contributed by atoms with Crippen LogP contribution in [-0.4, -0.2) is 21.4 Å². The lowest BCUT2D eigenvalue weighted by Gasteiger charge is -2.19. The average molecular weight is 305 g/mol. The third-order valence-electron chi connectivity index (χ3n) is 2.60. The molecule has 0 bridgehead atoms. The van der Waals surface area contributed by atoms with Crippen LogP contribution in [0, 0.1) is 6.92 Å². The maximum atomic E-state index is 12.3. The lowest BCUT2D eigenvalue weighted by Crippen LogP contribution is -2.25. The Bertz CT molecular complexity index is 660. The number of thiazole rings is 1. The number of rotatable bonds is 3. The van der Waals surface area contributed by atoms with Gasteiger partial charge in [-0.05, 0) is 39.8 Å². The van der Waals surface area contributed by atoms with Crippen LogP contribution in [-0.2, 0) is 0 Å². The van der Waals surface area contributed by atoms with Crippen molar-refractivity contribution in [2.75, 3.05) is 16.4 Å². The van der Waals surface area contributed by atoms with Gasteiger partial charge in [0.25, 0.3) is 5.91 Å². The van der Waals surface area contributed by atoms with Gasteiger partial charge in [-0.2, -0.15) is 0 Å². The Kier molecular flexibility index (Phi) is 4.13. The molecule has 0 aliphatic carbocycles. The van der Waals surface area contributed by atoms with E-state index in [1.54, 1.807) is 18.3 Å². The molecular formula is C14H19N5OS. The average Bonchev–Trinajstić information content (AvgIpc) is 2.70. The van der Waals surface area contributed by atoms with Gasteiger partial charge in [0.1, 0.15) is 10.7 Å². The van der Waals surface area contributed by atoms with Gasteiger partial charge in [-0.15, -0.1) is 0 Å². The van der Waals surface area contributed by atoms with E-state index >= 15 is 0 Å². The monoisotopic (exact) mass is 305 g/mol. The van der Waals surface area contributed by atoms with Crippen molar-refractivity contribution in [2.24, 2.45) is 0 Å². The largest absolute Gasteiger partial charge is 0.382 e. The molecule has 0 radical (unpaired) electrons. The summed E-state index contributed by atoms with van der Waals surface area (Å²) in [6.07, 6.45) is 1.68. The van der Waals surface area contributed by atoms with Crippen molar-refractivity contribution in [3.63, 3.8) is 0 Å². The molecule has 0 saturated heterocycles. The molecule has 7 heteroatoms. The Balaban J connectivity index is 2.18. The lowest BCUT2D eigenvalue weighted by atomic mass is 10.1. The number of nitrogens with two attached hydrogens (primary N) is 1. The quantitative estimate of drug-likeness (QED) is 0.810. The molecule has 0 aliphatic rings. The highest BCUT2D eigenvalue weighted by Crippen LogP contribution is 2.28. The zero-order valence-corrected chi connectivity index (χ0v) is 13.3. The van der Waals surface area contributed by atoms with Gasteiger partial charge in [-0.25, -0.2) is 4.98 Å². The standard InChI is InChI=1S/C14H19N5OS/c1-8-9(6-5-7-16-8)17-12(20)10-11(15)18-13(21-10)19-14(2,3)4/h5-7H,15H2,1-4H3,(H,17,20)(H,18,19). The van der Waals surface area contributed by atoms with Crippen LogP contribution in [0.5, 0.6) is 0 Å². The smallest absolute Gasteiger partial charge is 0.269 e. The maximum Gasteiger partial charge on any atom is 0.269 e. The lowest BCUT2D eigenvalue weighted by molar-refractivity contribution is 0.103. The summed E-state index contributed by atoms with van der Waals surface area (Å²) in [4.78, 5) is 21.0. The van der Waals surface area contributed by atoms with E-state index in [2.05, 4.69) is 20.6 Å². The number of aryl methyl sites for hydroxylation is 1. The Hall–Kier alpha value is -2.15. The molecule has 0 atom stereocenters. The summed E-state index contributed by atoms with van der Waals surface area (Å²) >= 11 is 1.24. The molecule has 2 aromatic rings. The normalized spacial score (nSPS) is 11.2. The highest BCUT2D eigenvalue weighted by Gasteiger charge is 2.19. The van der Waals surface area contributed by atoms with Crippen molar-refractivity contribution < 1.29 is 4.79 Å². The van der Waals surface area contributed by atoms with E-state index in [1.165, 1.54) is 11.3 Å². The number of nitrogens with zero attached hydrogens (tertiary/aromatic N) is 2. The van der Waals surface area contributed by atoms with Gasteiger partial charge >= 0.3 is 0 Å². The zero-order valence-electron chi connectivity index (χ0n) is 12.5. The summed E-state index contributed by atoms with van der Waals surface area (Å²) in [5.41, 5.74) is 7.11. The summed E-state index contributed by atoms with van der Waals surface area (Å²) in [7, 11) is 0. The first-order valence-electron chi connectivity index (χ1n) is 6.54. The Morgan fingerprint density at radius 1 is 1.38 bits per heavy atom. The Labute approximate surface area is 127 Å². The third kappa shape index (κ3) is 3.91. The van der Waals surface area contributed by atoms with Crippen molar-refractivity contribution >= 4 is 33.9 Å². The SMILES string of the molecule is Cc1ncccc1NC(=O)c1sc(NC(C)(C)C)nc1N. The minimum absolute atomic E-state index is 0.141. The number of carbonyl (C=O) groups excluding carboxylic acids is 1. The van der Waals surface area contributed by atoms with Crippen LogP contribution in [0.15, 0.2) is 18.3 Å². The van der Waals surface area contributed by atoms with E-state index in [1.807, 2.05) is 27.7 Å². The van der Waals surface area contributed by atoms with Crippen molar-refractivity contribution in [1.82, 2.24) is 9.97 Å². The number of nitrogen functional groups attached to an aromatic ring is 1. The highest BCUT2D eigenvalue weighted by atomic mass is 32.1. The fourth-order valence-electron chi connectivity index (χ4n) is 1.66. The number of anilines is 3. The second-order valence-electron chi connectivity index (χ2n) is 5.70. The molecule has 2 aromatic heterocycles. The van der Waals surface area contributed by atoms with E-state index in [-0.39, 0.29) is 17.3 Å². The summed E-state index contributed by atoms with van der Waals surface area (Å²) in [5.74, 6) is -0.0474. The van der Waals surface area contributed by atoms with Gasteiger partial charge in [0.15, 0.2) is 5.13 Å². The number of pyridine rings is 1. The van der Waals surface area contributed by atoms with Crippen LogP contribution in [0.4, 0.5) is 16.6 Å². The molecular weight excluding hydrogens is 286 g/mol. The molecule has 0 spiro atoms. The number of hydrogen-bond donors (Lipinski definition) is 3. The van der Waals surface area contributed by atoms with Crippen LogP contribution >= 0.6 is 11.3 Å². The van der Waals surface area contributed by atoms with Gasteiger partial charge in [0.05, 0.1) is 11.4 Å². The van der Waals surface area contributed by atoms with Gasteiger partial charge in [-0.3, -0.25) is 9.78 Å². The molecule has 21 heavy (non-hydrogen) atoms. The summed E-state index contributed by atoms with van der Waals surface area (Å²) in [6, 6.07) is 3.57. The van der Waals surface area contributed by atoms with Crippen molar-refractivity contribution in [1.29, 1.82) is 0 Å². The predicted molar refractivity (Wildman–Crippen MR) is 86.8 cm³/mol. The van der Waals surface area contributed by atoms with Gasteiger partial charge in [0.2, 0.25) is 0 Å². The van der Waals surface area contributed by atoms with E-state index in [0.717, 1.165) is 5.69 Å². The predicted octanol–water partition coefficient (Wildman–Crippen LogP) is 2.89. The topological polar surface area (TPSA) is 92.9 Å². The second kappa shape index (κ2) is 5.69. The van der Waals surface area contributed by atoms with Gasteiger partial charge < -0.3 is 16.4 Å². The zero-order chi connectivity index (χ0) is 15.6. The molecule has 0 aromatic carbocycles. The minimum atomic E-state index is -0.275. The first-order chi connectivity index (χ1) is 9.76. The fraction of sp³-hybridized carbons (Fsp3) is 0.357. The number of carbonyl (C=O) groups is 1. The number of aromatic nitrogens is 2. The molecule has 4 N–H and O–H groups in total. The molecule has 1 amide bonds. The summed E-state index contributed by atoms with van der Waals surface area (Å²) in [6.45, 7) is 7.88. The first-order valence-corrected chi connectivity index (χ1v) is 7.35. The molecule has 0 saturated carbocycles. The summed E-state index contributed by atoms with van der Waals surface area (Å²) in [5, 5.41) is 6.64. The maximum absolute atomic E-state index is 12.3. The second-order valence-corrected chi connectivity index (χ2v) is 6.70. The van der Waals surface area contributed by atoms with Crippen LogP contribution in [0.25, 0.3) is 0 Å². The van der Waals surface area contributed by atoms with Crippen molar-refractivity contribution in [3.8, 4) is 0 Å². The van der Waals surface area contributed by atoms with E-state index in [4.69, 9.17) is 5.73 Å². The molecule has 0 fully saturated rings. The van der Waals surface area contributed by atoms with Crippen LogP contribution in [0.3, 0.4) is 0 Å². The molecule has 112 valence electrons. The highest BCUT2D eigenvalue weighted by molar-refractivity contribution is 7.18. The molecule has 0 aliphatic heterocycles. The number of hydrogen-bond acceptors (Lipinski definition) is 6. The Morgan fingerprint density at radius 2 is 2.10 bits per heavy atom. The Morgan fingerprint density at radius 3 is 2.71 bits per heavy atom. The van der Waals surface area contributed by atoms with Crippen molar-refractivity contribution in [2.45, 2.75) is 33.2 Å². The third-order valence-corrected chi connectivity index (χ3v) is 3.58. The summed E-state index contributed by atoms with van der Waals surface area (Å²) < 4.78 is 0. The van der Waals surface area contributed by atoms with Crippen LogP contribution < -0.4 is 16.4 Å². The van der Waals surface area contributed by atoms with Gasteiger partial charge in [0, 0.05) is 11.7 Å².